The number of hydrogen-bond donors (Lipinski definition) is 0. The molecule has 2 aliphatic rings. The normalized spacial score (nSPS) is 19.8. The Morgan fingerprint density at radius 2 is 1.79 bits per heavy atom. The molecule has 1 fully saturated rings. The van der Waals surface area contributed by atoms with Crippen molar-refractivity contribution in [3.05, 3.63) is 69.5 Å². The first kappa shape index (κ1) is 18.1. The molecule has 150 valence electrons. The Bertz CT molecular complexity index is 1130. The number of carbonyl (C=O) groups excluding carboxylic acids is 1. The first-order chi connectivity index (χ1) is 14.1. The number of carbonyl (C=O) groups is 1. The second-order valence-electron chi connectivity index (χ2n) is 7.47. The van der Waals surface area contributed by atoms with E-state index < -0.39 is 6.04 Å². The third-order valence-corrected chi connectivity index (χ3v) is 5.66. The van der Waals surface area contributed by atoms with Crippen LogP contribution in [0.15, 0.2) is 50.0 Å². The monoisotopic (exact) mass is 394 g/mol. The molecule has 0 spiro atoms. The van der Waals surface area contributed by atoms with Crippen LogP contribution in [-0.4, -0.2) is 55.1 Å². The predicted molar refractivity (Wildman–Crippen MR) is 106 cm³/mol. The summed E-state index contributed by atoms with van der Waals surface area (Å²) in [6.07, 6.45) is 0. The maximum atomic E-state index is 13.3. The molecule has 2 aliphatic heterocycles. The molecule has 0 unspecified atom stereocenters. The van der Waals surface area contributed by atoms with E-state index in [-0.39, 0.29) is 17.1 Å². The zero-order valence-corrected chi connectivity index (χ0v) is 16.2. The van der Waals surface area contributed by atoms with Gasteiger partial charge in [0.2, 0.25) is 5.76 Å². The molecule has 0 saturated carbocycles. The predicted octanol–water partition coefficient (Wildman–Crippen LogP) is 2.57. The molecule has 2 aromatic heterocycles. The Morgan fingerprint density at radius 3 is 2.55 bits per heavy atom. The molecule has 0 radical (unpaired) electrons. The summed E-state index contributed by atoms with van der Waals surface area (Å²) < 4.78 is 17.2. The molecule has 0 aliphatic carbocycles. The molecule has 1 saturated heterocycles. The second-order valence-corrected chi connectivity index (χ2v) is 7.47. The maximum absolute atomic E-state index is 13.3. The molecule has 29 heavy (non-hydrogen) atoms. The van der Waals surface area contributed by atoms with E-state index in [4.69, 9.17) is 13.6 Å². The van der Waals surface area contributed by atoms with Gasteiger partial charge in [-0.2, -0.15) is 0 Å². The van der Waals surface area contributed by atoms with E-state index in [1.165, 1.54) is 0 Å². The van der Waals surface area contributed by atoms with Crippen LogP contribution in [-0.2, 0) is 4.74 Å². The number of morpholine rings is 1. The van der Waals surface area contributed by atoms with Crippen molar-refractivity contribution >= 4 is 16.9 Å². The highest BCUT2D eigenvalue weighted by atomic mass is 16.5. The number of rotatable bonds is 4. The van der Waals surface area contributed by atoms with E-state index in [0.717, 1.165) is 18.8 Å². The minimum Gasteiger partial charge on any atom is -0.464 e. The van der Waals surface area contributed by atoms with Crippen molar-refractivity contribution < 1.29 is 18.4 Å². The Labute approximate surface area is 167 Å². The van der Waals surface area contributed by atoms with Gasteiger partial charge in [-0.1, -0.05) is 12.1 Å². The summed E-state index contributed by atoms with van der Waals surface area (Å²) >= 11 is 0. The van der Waals surface area contributed by atoms with Gasteiger partial charge in [-0.05, 0) is 31.2 Å². The molecule has 0 N–H and O–H groups in total. The van der Waals surface area contributed by atoms with Crippen LogP contribution in [0.25, 0.3) is 11.0 Å². The lowest BCUT2D eigenvalue weighted by molar-refractivity contribution is 0.0309. The Morgan fingerprint density at radius 1 is 1.00 bits per heavy atom. The van der Waals surface area contributed by atoms with Gasteiger partial charge in [-0.15, -0.1) is 0 Å². The van der Waals surface area contributed by atoms with Crippen molar-refractivity contribution in [3.8, 4) is 0 Å². The summed E-state index contributed by atoms with van der Waals surface area (Å²) in [5.74, 6) is 1.17. The quantitative estimate of drug-likeness (QED) is 0.677. The highest BCUT2D eigenvalue weighted by molar-refractivity contribution is 5.98. The summed E-state index contributed by atoms with van der Waals surface area (Å²) in [6, 6.07) is 10.1. The zero-order chi connectivity index (χ0) is 20.0. The lowest BCUT2D eigenvalue weighted by Gasteiger charge is -2.30. The van der Waals surface area contributed by atoms with E-state index in [2.05, 4.69) is 4.90 Å². The van der Waals surface area contributed by atoms with Crippen LogP contribution < -0.4 is 5.43 Å². The van der Waals surface area contributed by atoms with Gasteiger partial charge < -0.3 is 18.5 Å². The minimum atomic E-state index is -0.576. The summed E-state index contributed by atoms with van der Waals surface area (Å²) in [4.78, 5) is 30.5. The second kappa shape index (κ2) is 7.17. The van der Waals surface area contributed by atoms with Crippen LogP contribution >= 0.6 is 0 Å². The Hall–Kier alpha value is -2.90. The highest BCUT2D eigenvalue weighted by Gasteiger charge is 2.44. The lowest BCUT2D eigenvalue weighted by Crippen LogP contribution is -2.42. The summed E-state index contributed by atoms with van der Waals surface area (Å²) in [7, 11) is 0. The molecule has 3 aromatic rings. The van der Waals surface area contributed by atoms with Crippen LogP contribution in [0, 0.1) is 6.92 Å². The number of benzene rings is 1. The SMILES string of the molecule is Cc1ccc([C@H]2c3c(oc4ccccc4c3=O)C(=O)N2CCN2CCOCC2)o1. The fourth-order valence-corrected chi connectivity index (χ4v) is 4.17. The van der Waals surface area contributed by atoms with Gasteiger partial charge in [0.25, 0.3) is 5.91 Å². The van der Waals surface area contributed by atoms with Crippen LogP contribution in [0.1, 0.15) is 33.7 Å². The van der Waals surface area contributed by atoms with Crippen molar-refractivity contribution in [2.24, 2.45) is 0 Å². The van der Waals surface area contributed by atoms with E-state index in [9.17, 15) is 9.59 Å². The molecule has 7 heteroatoms. The van der Waals surface area contributed by atoms with Crippen molar-refractivity contribution in [2.45, 2.75) is 13.0 Å². The number of hydrogen-bond acceptors (Lipinski definition) is 6. The van der Waals surface area contributed by atoms with Crippen molar-refractivity contribution in [2.75, 3.05) is 39.4 Å². The van der Waals surface area contributed by atoms with Gasteiger partial charge in [0.1, 0.15) is 23.1 Å². The number of ether oxygens (including phenoxy) is 1. The zero-order valence-electron chi connectivity index (χ0n) is 16.2. The first-order valence-electron chi connectivity index (χ1n) is 9.86. The number of fused-ring (bicyclic) bond motifs is 2. The van der Waals surface area contributed by atoms with E-state index in [0.29, 0.717) is 48.6 Å². The van der Waals surface area contributed by atoms with Crippen LogP contribution in [0.2, 0.25) is 0 Å². The minimum absolute atomic E-state index is 0.120. The number of para-hydroxylation sites is 1. The fourth-order valence-electron chi connectivity index (χ4n) is 4.17. The molecule has 1 atom stereocenters. The molecule has 1 aromatic carbocycles. The topological polar surface area (TPSA) is 76.1 Å². The van der Waals surface area contributed by atoms with E-state index in [1.54, 1.807) is 29.2 Å². The highest BCUT2D eigenvalue weighted by Crippen LogP contribution is 2.38. The number of aryl methyl sites for hydroxylation is 1. The number of nitrogens with zero attached hydrogens (tertiary/aromatic N) is 2. The van der Waals surface area contributed by atoms with Gasteiger partial charge >= 0.3 is 0 Å². The summed E-state index contributed by atoms with van der Waals surface area (Å²) in [5, 5.41) is 0.474. The summed E-state index contributed by atoms with van der Waals surface area (Å²) in [6.45, 7) is 6.08. The lowest BCUT2D eigenvalue weighted by atomic mass is 10.0. The maximum Gasteiger partial charge on any atom is 0.291 e. The Kier molecular flexibility index (Phi) is 4.49. The summed E-state index contributed by atoms with van der Waals surface area (Å²) in [5.41, 5.74) is 0.613. The van der Waals surface area contributed by atoms with E-state index >= 15 is 0 Å². The van der Waals surface area contributed by atoms with Crippen LogP contribution in [0.4, 0.5) is 0 Å². The van der Waals surface area contributed by atoms with Crippen molar-refractivity contribution in [1.29, 1.82) is 0 Å². The van der Waals surface area contributed by atoms with Gasteiger partial charge in [0, 0.05) is 26.2 Å². The van der Waals surface area contributed by atoms with Gasteiger partial charge in [0.05, 0.1) is 24.2 Å². The molecule has 4 heterocycles. The smallest absolute Gasteiger partial charge is 0.291 e. The molecule has 0 bridgehead atoms. The number of furan rings is 1. The fraction of sp³-hybridized carbons (Fsp3) is 0.364. The van der Waals surface area contributed by atoms with Crippen molar-refractivity contribution in [3.63, 3.8) is 0 Å². The molecule has 1 amide bonds. The Balaban J connectivity index is 1.58. The molecular formula is C22H22N2O5. The van der Waals surface area contributed by atoms with Gasteiger partial charge in [-0.3, -0.25) is 14.5 Å². The van der Waals surface area contributed by atoms with Gasteiger partial charge in [0.15, 0.2) is 5.43 Å². The number of amides is 1. The van der Waals surface area contributed by atoms with Crippen LogP contribution in [0.3, 0.4) is 0 Å². The molecule has 7 nitrogen and oxygen atoms in total. The van der Waals surface area contributed by atoms with Crippen molar-refractivity contribution in [1.82, 2.24) is 9.80 Å². The van der Waals surface area contributed by atoms with E-state index in [1.807, 2.05) is 19.1 Å². The standard InChI is InChI=1S/C22H22N2O5/c1-14-6-7-17(28-14)19-18-20(25)15-4-2-3-5-16(15)29-21(18)22(26)24(19)9-8-23-10-12-27-13-11-23/h2-7,19H,8-13H2,1H3/t19-/m0/s1. The first-order valence-corrected chi connectivity index (χ1v) is 9.86. The van der Waals surface area contributed by atoms with Gasteiger partial charge in [-0.25, -0.2) is 0 Å². The third kappa shape index (κ3) is 3.07. The third-order valence-electron chi connectivity index (χ3n) is 5.66. The van der Waals surface area contributed by atoms with Crippen LogP contribution in [0.5, 0.6) is 0 Å². The average molecular weight is 394 g/mol. The average Bonchev–Trinajstić information content (AvgIpc) is 3.29. The molecular weight excluding hydrogens is 372 g/mol. The molecule has 5 rings (SSSR count). The largest absolute Gasteiger partial charge is 0.464 e.